The van der Waals surface area contributed by atoms with E-state index in [2.05, 4.69) is 5.32 Å². The minimum Gasteiger partial charge on any atom is -0.497 e. The summed E-state index contributed by atoms with van der Waals surface area (Å²) in [6.45, 7) is 3.38. The van der Waals surface area contributed by atoms with Crippen molar-refractivity contribution in [2.45, 2.75) is 25.1 Å². The molecule has 0 aliphatic heterocycles. The minimum absolute atomic E-state index is 0.0316. The van der Waals surface area contributed by atoms with Crippen LogP contribution in [-0.2, 0) is 9.84 Å². The van der Waals surface area contributed by atoms with Gasteiger partial charge in [-0.2, -0.15) is 0 Å². The summed E-state index contributed by atoms with van der Waals surface area (Å²) in [7, 11) is 1.73. The van der Waals surface area contributed by atoms with Gasteiger partial charge in [-0.05, 0) is 27.0 Å². The maximum atomic E-state index is 12.1. The third kappa shape index (κ3) is 3.86. The van der Waals surface area contributed by atoms with E-state index < -0.39 is 15.1 Å². The van der Waals surface area contributed by atoms with Gasteiger partial charge in [0.1, 0.15) is 11.5 Å². The molecule has 0 aliphatic rings. The molecule has 5 nitrogen and oxygen atoms in total. The second kappa shape index (κ2) is 6.95. The lowest BCUT2D eigenvalue weighted by Crippen LogP contribution is -2.29. The van der Waals surface area contributed by atoms with E-state index in [-0.39, 0.29) is 11.8 Å². The molecule has 114 valence electrons. The molecule has 1 aromatic rings. The van der Waals surface area contributed by atoms with Crippen LogP contribution in [-0.4, -0.2) is 40.7 Å². The summed E-state index contributed by atoms with van der Waals surface area (Å²) < 4.78 is 34.7. The van der Waals surface area contributed by atoms with Crippen LogP contribution in [0, 0.1) is 0 Å². The number of ether oxygens (including phenoxy) is 2. The van der Waals surface area contributed by atoms with Gasteiger partial charge in [-0.25, -0.2) is 8.42 Å². The molecule has 20 heavy (non-hydrogen) atoms. The maximum Gasteiger partial charge on any atom is 0.154 e. The van der Waals surface area contributed by atoms with Crippen LogP contribution >= 0.6 is 0 Å². The van der Waals surface area contributed by atoms with Crippen molar-refractivity contribution in [3.63, 3.8) is 0 Å². The Kier molecular flexibility index (Phi) is 5.83. The Labute approximate surface area is 121 Å². The van der Waals surface area contributed by atoms with Crippen LogP contribution in [0.3, 0.4) is 0 Å². The normalized spacial score (nSPS) is 13.3. The topological polar surface area (TPSA) is 64.6 Å². The molecule has 0 aliphatic carbocycles. The lowest BCUT2D eigenvalue weighted by atomic mass is 10.1. The zero-order valence-electron chi connectivity index (χ0n) is 12.6. The Morgan fingerprint density at radius 3 is 2.30 bits per heavy atom. The molecule has 0 aromatic heterocycles. The highest BCUT2D eigenvalue weighted by molar-refractivity contribution is 7.92. The van der Waals surface area contributed by atoms with E-state index in [9.17, 15) is 8.42 Å². The third-order valence-corrected chi connectivity index (χ3v) is 5.52. The molecule has 0 saturated heterocycles. The maximum absolute atomic E-state index is 12.1. The zero-order chi connectivity index (χ0) is 15.3. The molecule has 6 heteroatoms. The van der Waals surface area contributed by atoms with Gasteiger partial charge in [0.05, 0.1) is 25.2 Å². The number of hydrogen-bond donors (Lipinski definition) is 1. The number of hydrogen-bond acceptors (Lipinski definition) is 5. The van der Waals surface area contributed by atoms with E-state index in [0.29, 0.717) is 11.5 Å². The molecule has 1 aromatic carbocycles. The highest BCUT2D eigenvalue weighted by atomic mass is 32.2. The van der Waals surface area contributed by atoms with Crippen LogP contribution in [0.4, 0.5) is 0 Å². The number of rotatable bonds is 7. The standard InChI is InChI=1S/C14H23NO4S/c1-10(2)20(16,17)9-13(15-3)12-7-6-11(18-4)8-14(12)19-5/h6-8,10,13,15H,9H2,1-5H3. The molecule has 0 radical (unpaired) electrons. The van der Waals surface area contributed by atoms with Gasteiger partial charge in [0, 0.05) is 17.7 Å². The minimum atomic E-state index is -3.15. The molecule has 0 amide bonds. The summed E-state index contributed by atoms with van der Waals surface area (Å²) in [6.07, 6.45) is 0. The first-order chi connectivity index (χ1) is 9.35. The van der Waals surface area contributed by atoms with Crippen LogP contribution in [0.1, 0.15) is 25.5 Å². The van der Waals surface area contributed by atoms with Crippen LogP contribution in [0.25, 0.3) is 0 Å². The molecule has 0 saturated carbocycles. The predicted molar refractivity (Wildman–Crippen MR) is 80.3 cm³/mol. The van der Waals surface area contributed by atoms with Crippen molar-refractivity contribution in [1.82, 2.24) is 5.32 Å². The Balaban J connectivity index is 3.13. The molecular weight excluding hydrogens is 278 g/mol. The Morgan fingerprint density at radius 2 is 1.85 bits per heavy atom. The fraction of sp³-hybridized carbons (Fsp3) is 0.571. The van der Waals surface area contributed by atoms with Gasteiger partial charge in [0.2, 0.25) is 0 Å². The lowest BCUT2D eigenvalue weighted by molar-refractivity contribution is 0.387. The monoisotopic (exact) mass is 301 g/mol. The summed E-state index contributed by atoms with van der Waals surface area (Å²) in [5, 5.41) is 2.64. The molecule has 1 rings (SSSR count). The van der Waals surface area contributed by atoms with Crippen molar-refractivity contribution in [2.24, 2.45) is 0 Å². The Bertz CT molecular complexity index is 540. The van der Waals surface area contributed by atoms with Crippen molar-refractivity contribution >= 4 is 9.84 Å². The highest BCUT2D eigenvalue weighted by Gasteiger charge is 2.24. The number of methoxy groups -OCH3 is 2. The van der Waals surface area contributed by atoms with Crippen molar-refractivity contribution in [1.29, 1.82) is 0 Å². The quantitative estimate of drug-likeness (QED) is 0.832. The van der Waals surface area contributed by atoms with Crippen molar-refractivity contribution in [3.8, 4) is 11.5 Å². The summed E-state index contributed by atoms with van der Waals surface area (Å²) >= 11 is 0. The second-order valence-electron chi connectivity index (χ2n) is 4.83. The first-order valence-electron chi connectivity index (χ1n) is 6.46. The van der Waals surface area contributed by atoms with E-state index in [1.54, 1.807) is 47.2 Å². The van der Waals surface area contributed by atoms with Gasteiger partial charge in [0.15, 0.2) is 9.84 Å². The average Bonchev–Trinajstić information content (AvgIpc) is 2.43. The first kappa shape index (κ1) is 16.8. The van der Waals surface area contributed by atoms with Crippen molar-refractivity contribution in [3.05, 3.63) is 23.8 Å². The summed E-state index contributed by atoms with van der Waals surface area (Å²) in [5.74, 6) is 1.32. The van der Waals surface area contributed by atoms with E-state index in [0.717, 1.165) is 5.56 Å². The molecule has 1 unspecified atom stereocenters. The van der Waals surface area contributed by atoms with Gasteiger partial charge >= 0.3 is 0 Å². The molecule has 1 N–H and O–H groups in total. The van der Waals surface area contributed by atoms with E-state index in [1.807, 2.05) is 6.07 Å². The molecule has 0 fully saturated rings. The molecule has 1 atom stereocenters. The molecule has 0 bridgehead atoms. The van der Waals surface area contributed by atoms with Crippen molar-refractivity contribution in [2.75, 3.05) is 27.0 Å². The SMILES string of the molecule is CNC(CS(=O)(=O)C(C)C)c1ccc(OC)cc1OC. The average molecular weight is 301 g/mol. The number of sulfone groups is 1. The Morgan fingerprint density at radius 1 is 1.20 bits per heavy atom. The van der Waals surface area contributed by atoms with Gasteiger partial charge in [-0.15, -0.1) is 0 Å². The second-order valence-corrected chi connectivity index (χ2v) is 7.43. The first-order valence-corrected chi connectivity index (χ1v) is 8.18. The summed E-state index contributed by atoms with van der Waals surface area (Å²) in [5.41, 5.74) is 0.806. The van der Waals surface area contributed by atoms with E-state index in [4.69, 9.17) is 9.47 Å². The fourth-order valence-corrected chi connectivity index (χ4v) is 3.06. The third-order valence-electron chi connectivity index (χ3n) is 3.28. The smallest absolute Gasteiger partial charge is 0.154 e. The van der Waals surface area contributed by atoms with E-state index >= 15 is 0 Å². The number of nitrogens with one attached hydrogen (secondary N) is 1. The number of benzene rings is 1. The summed E-state index contributed by atoms with van der Waals surface area (Å²) in [4.78, 5) is 0. The summed E-state index contributed by atoms with van der Waals surface area (Å²) in [6, 6.07) is 5.06. The van der Waals surface area contributed by atoms with Crippen LogP contribution in [0.5, 0.6) is 11.5 Å². The molecular formula is C14H23NO4S. The van der Waals surface area contributed by atoms with Crippen LogP contribution in [0.15, 0.2) is 18.2 Å². The largest absolute Gasteiger partial charge is 0.497 e. The predicted octanol–water partition coefficient (Wildman–Crippen LogP) is 1.79. The molecule has 0 heterocycles. The van der Waals surface area contributed by atoms with E-state index in [1.165, 1.54) is 0 Å². The van der Waals surface area contributed by atoms with Gasteiger partial charge in [-0.3, -0.25) is 0 Å². The Hall–Kier alpha value is -1.27. The lowest BCUT2D eigenvalue weighted by Gasteiger charge is -2.21. The van der Waals surface area contributed by atoms with Gasteiger partial charge in [0.25, 0.3) is 0 Å². The van der Waals surface area contributed by atoms with Gasteiger partial charge in [-0.1, -0.05) is 6.07 Å². The van der Waals surface area contributed by atoms with Crippen LogP contribution in [0.2, 0.25) is 0 Å². The van der Waals surface area contributed by atoms with Gasteiger partial charge < -0.3 is 14.8 Å². The van der Waals surface area contributed by atoms with Crippen molar-refractivity contribution < 1.29 is 17.9 Å². The van der Waals surface area contributed by atoms with Crippen LogP contribution < -0.4 is 14.8 Å². The molecule has 0 spiro atoms. The highest BCUT2D eigenvalue weighted by Crippen LogP contribution is 2.30. The zero-order valence-corrected chi connectivity index (χ0v) is 13.5. The fourth-order valence-electron chi connectivity index (χ4n) is 1.86.